The second-order valence-corrected chi connectivity index (χ2v) is 13.2. The monoisotopic (exact) mass is 656 g/mol. The number of nitrogens with zero attached hydrogens (tertiary/aromatic N) is 4. The lowest BCUT2D eigenvalue weighted by atomic mass is 10.1. The molecule has 5 N–H and O–H groups in total. The van der Waals surface area contributed by atoms with Crippen molar-refractivity contribution in [3.63, 3.8) is 0 Å². The lowest BCUT2D eigenvalue weighted by molar-refractivity contribution is -0.120. The molecule has 0 saturated carbocycles. The maximum absolute atomic E-state index is 15.9. The van der Waals surface area contributed by atoms with Crippen LogP contribution in [0.1, 0.15) is 39.0 Å². The van der Waals surface area contributed by atoms with Crippen LogP contribution in [0, 0.1) is 5.92 Å². The van der Waals surface area contributed by atoms with Crippen molar-refractivity contribution in [2.75, 3.05) is 24.2 Å². The van der Waals surface area contributed by atoms with E-state index in [1.54, 1.807) is 31.2 Å². The number of benzene rings is 1. The summed E-state index contributed by atoms with van der Waals surface area (Å²) in [5.74, 6) is -0.940. The number of nitrogens with two attached hydrogens (primary N) is 2. The number of anilines is 2. The lowest BCUT2D eigenvalue weighted by Crippen LogP contribution is -2.38. The fourth-order valence-corrected chi connectivity index (χ4v) is 6.90. The number of nitrogen functional groups attached to an aromatic ring is 2. The molecule has 222 valence electrons. The second-order valence-electron chi connectivity index (χ2n) is 9.94. The molecule has 1 aliphatic rings. The summed E-state index contributed by atoms with van der Waals surface area (Å²) in [7, 11) is -4.09. The molecule has 1 aliphatic heterocycles. The van der Waals surface area contributed by atoms with Crippen molar-refractivity contribution >= 4 is 58.0 Å². The predicted octanol–water partition coefficient (Wildman–Crippen LogP) is 3.35. The molecule has 2 aromatic heterocycles. The molecule has 1 aromatic carbocycles. The molecule has 3 heterocycles. The van der Waals surface area contributed by atoms with Gasteiger partial charge in [0.25, 0.3) is 0 Å². The first-order chi connectivity index (χ1) is 19.2. The normalized spacial score (nSPS) is 24.7. The van der Waals surface area contributed by atoms with Crippen LogP contribution in [-0.4, -0.2) is 65.7 Å². The number of hydrogen-bond acceptors (Lipinski definition) is 12. The van der Waals surface area contributed by atoms with E-state index in [-0.39, 0.29) is 52.8 Å². The largest absolute Gasteiger partial charge is 0.424 e. The average molecular weight is 657 g/mol. The van der Waals surface area contributed by atoms with Crippen molar-refractivity contribution in [1.82, 2.24) is 19.5 Å². The van der Waals surface area contributed by atoms with Crippen LogP contribution < -0.4 is 16.0 Å². The smallest absolute Gasteiger partial charge is 0.380 e. The Morgan fingerprint density at radius 1 is 1.29 bits per heavy atom. The number of aryl methyl sites for hydroxylation is 1. The molecular formula is C25H31BrFN6O7P. The van der Waals surface area contributed by atoms with E-state index in [1.807, 2.05) is 0 Å². The molecular weight excluding hydrogens is 626 g/mol. The van der Waals surface area contributed by atoms with Gasteiger partial charge in [-0.15, -0.1) is 0 Å². The Morgan fingerprint density at radius 2 is 2.00 bits per heavy atom. The average Bonchev–Trinajstić information content (AvgIpc) is 3.40. The molecule has 13 nitrogen and oxygen atoms in total. The highest BCUT2D eigenvalue weighted by Gasteiger charge is 2.57. The van der Waals surface area contributed by atoms with Gasteiger partial charge in [0.1, 0.15) is 35.0 Å². The molecule has 2 unspecified atom stereocenters. The molecule has 1 fully saturated rings. The third-order valence-corrected chi connectivity index (χ3v) is 9.55. The minimum absolute atomic E-state index is 0.0232. The van der Waals surface area contributed by atoms with Crippen molar-refractivity contribution in [3.8, 4) is 5.75 Å². The third kappa shape index (κ3) is 6.75. The van der Waals surface area contributed by atoms with E-state index < -0.39 is 43.1 Å². The van der Waals surface area contributed by atoms with Crippen LogP contribution >= 0.6 is 23.5 Å². The highest BCUT2D eigenvalue weighted by atomic mass is 79.9. The van der Waals surface area contributed by atoms with Crippen molar-refractivity contribution in [2.45, 2.75) is 56.6 Å². The van der Waals surface area contributed by atoms with Gasteiger partial charge in [-0.25, -0.2) is 13.9 Å². The number of aliphatic hydroxyl groups is 1. The molecule has 0 aliphatic carbocycles. The molecule has 0 spiro atoms. The predicted molar refractivity (Wildman–Crippen MR) is 151 cm³/mol. The van der Waals surface area contributed by atoms with Gasteiger partial charge < -0.3 is 30.6 Å². The number of rotatable bonds is 12. The van der Waals surface area contributed by atoms with Crippen molar-refractivity contribution < 1.29 is 37.4 Å². The number of hydrogen-bond donors (Lipinski definition) is 3. The Kier molecular flexibility index (Phi) is 9.14. The minimum Gasteiger partial charge on any atom is -0.424 e. The van der Waals surface area contributed by atoms with Gasteiger partial charge in [0.05, 0.1) is 19.1 Å². The third-order valence-electron chi connectivity index (χ3n) is 6.68. The van der Waals surface area contributed by atoms with Gasteiger partial charge in [-0.1, -0.05) is 25.1 Å². The standard InChI is InChI=1S/C25H31BrFN6O7P/c1-13(15(3)35)11-41(37,40-17-7-5-4-6-16(17)9-8-14(2)34)38-10-18-20(36)25(26,27)23(39-18)33-12-30-19-21(28)31-24(29)32-22(19)33/h4-7,12-13,18,20,23,36H,8-11H2,1-3H3,(H4,28,29,31,32)/t13-,18-,20+,23-,25?,41?/m1/s1. The summed E-state index contributed by atoms with van der Waals surface area (Å²) in [5.41, 5.74) is 12.4. The van der Waals surface area contributed by atoms with E-state index in [9.17, 15) is 19.3 Å². The lowest BCUT2D eigenvalue weighted by Gasteiger charge is -2.25. The van der Waals surface area contributed by atoms with Crippen LogP contribution in [0.2, 0.25) is 0 Å². The number of carbonyl (C=O) groups excluding carboxylic acids is 2. The maximum atomic E-state index is 15.9. The summed E-state index contributed by atoms with van der Waals surface area (Å²) in [6, 6.07) is 6.72. The Bertz CT molecular complexity index is 1500. The zero-order valence-electron chi connectivity index (χ0n) is 22.6. The molecule has 0 radical (unpaired) electrons. The fourth-order valence-electron chi connectivity index (χ4n) is 4.26. The number of Topliss-reactive ketones (excluding diaryl/α,β-unsaturated/α-hetero) is 2. The van der Waals surface area contributed by atoms with Gasteiger partial charge in [0.2, 0.25) is 10.5 Å². The Hall–Kier alpha value is -2.97. The molecule has 0 amide bonds. The topological polar surface area (TPSA) is 195 Å². The number of alkyl halides is 2. The number of aromatic nitrogens is 4. The van der Waals surface area contributed by atoms with Crippen LogP contribution in [0.15, 0.2) is 30.6 Å². The number of aliphatic hydroxyl groups excluding tert-OH is 1. The Labute approximate surface area is 243 Å². The quantitative estimate of drug-likeness (QED) is 0.190. The highest BCUT2D eigenvalue weighted by Crippen LogP contribution is 2.53. The molecule has 0 bridgehead atoms. The van der Waals surface area contributed by atoms with Gasteiger partial charge in [-0.05, 0) is 47.8 Å². The second kappa shape index (κ2) is 12.1. The van der Waals surface area contributed by atoms with Crippen molar-refractivity contribution in [2.24, 2.45) is 5.92 Å². The Morgan fingerprint density at radius 3 is 2.68 bits per heavy atom. The SMILES string of the molecule is CC(=O)CCc1ccccc1OP(=O)(C[C@@H](C)C(C)=O)OC[C@H]1O[C@@H](n2cnc3c(N)nc(N)nc32)C(F)(Br)[C@H]1O. The summed E-state index contributed by atoms with van der Waals surface area (Å²) < 4.78 is 45.9. The van der Waals surface area contributed by atoms with E-state index in [2.05, 4.69) is 30.9 Å². The summed E-state index contributed by atoms with van der Waals surface area (Å²) >= 11 is 2.91. The molecule has 4 rings (SSSR count). The van der Waals surface area contributed by atoms with Crippen molar-refractivity contribution in [1.29, 1.82) is 0 Å². The van der Waals surface area contributed by atoms with Gasteiger partial charge in [-0.2, -0.15) is 9.97 Å². The first kappa shape index (κ1) is 31.0. The van der Waals surface area contributed by atoms with Crippen LogP contribution in [-0.2, 0) is 29.8 Å². The number of fused-ring (bicyclic) bond motifs is 1. The molecule has 3 aromatic rings. The first-order valence-electron chi connectivity index (χ1n) is 12.7. The van der Waals surface area contributed by atoms with Gasteiger partial charge in [0, 0.05) is 12.3 Å². The van der Waals surface area contributed by atoms with Crippen molar-refractivity contribution in [3.05, 3.63) is 36.2 Å². The number of ether oxygens (including phenoxy) is 1. The maximum Gasteiger partial charge on any atom is 0.380 e. The van der Waals surface area contributed by atoms with Crippen LogP contribution in [0.5, 0.6) is 5.75 Å². The number of imidazole rings is 1. The van der Waals surface area contributed by atoms with Crippen LogP contribution in [0.25, 0.3) is 11.2 Å². The minimum atomic E-state index is -4.09. The molecule has 1 saturated heterocycles. The summed E-state index contributed by atoms with van der Waals surface area (Å²) in [4.78, 5) is 35.5. The summed E-state index contributed by atoms with van der Waals surface area (Å²) in [5, 5.41) is 10.8. The number of para-hydroxylation sites is 1. The number of carbonyl (C=O) groups is 2. The van der Waals surface area contributed by atoms with Crippen LogP contribution in [0.3, 0.4) is 0 Å². The molecule has 16 heteroatoms. The number of halogens is 2. The van der Waals surface area contributed by atoms with Gasteiger partial charge in [-0.3, -0.25) is 13.9 Å². The zero-order chi connectivity index (χ0) is 30.1. The molecule has 41 heavy (non-hydrogen) atoms. The summed E-state index contributed by atoms with van der Waals surface area (Å²) in [6.45, 7) is 3.84. The van der Waals surface area contributed by atoms with E-state index >= 15 is 4.39 Å². The number of ketones is 2. The Balaban J connectivity index is 1.58. The van der Waals surface area contributed by atoms with E-state index in [1.165, 1.54) is 24.7 Å². The van der Waals surface area contributed by atoms with Gasteiger partial charge >= 0.3 is 7.60 Å². The van der Waals surface area contributed by atoms with E-state index in [0.717, 1.165) is 0 Å². The molecule has 6 atom stereocenters. The fraction of sp³-hybridized carbons (Fsp3) is 0.480. The highest BCUT2D eigenvalue weighted by molar-refractivity contribution is 9.10. The zero-order valence-corrected chi connectivity index (χ0v) is 25.0. The summed E-state index contributed by atoms with van der Waals surface area (Å²) in [6.07, 6.45) is -3.13. The van der Waals surface area contributed by atoms with Gasteiger partial charge in [0.15, 0.2) is 17.7 Å². The van der Waals surface area contributed by atoms with E-state index in [4.69, 9.17) is 25.3 Å². The van der Waals surface area contributed by atoms with E-state index in [0.29, 0.717) is 12.0 Å². The first-order valence-corrected chi connectivity index (χ1v) is 15.2. The van der Waals surface area contributed by atoms with Crippen LogP contribution in [0.4, 0.5) is 16.2 Å².